The van der Waals surface area contributed by atoms with E-state index in [0.717, 1.165) is 5.56 Å². The Labute approximate surface area is 226 Å². The molecule has 1 saturated carbocycles. The van der Waals surface area contributed by atoms with Crippen LogP contribution in [0, 0.1) is 24.2 Å². The fourth-order valence-corrected chi connectivity index (χ4v) is 5.44. The summed E-state index contributed by atoms with van der Waals surface area (Å²) in [7, 11) is 0. The lowest BCUT2D eigenvalue weighted by Crippen LogP contribution is -2.18. The van der Waals surface area contributed by atoms with Gasteiger partial charge in [0.2, 0.25) is 5.91 Å². The van der Waals surface area contributed by atoms with Gasteiger partial charge in [0, 0.05) is 21.7 Å². The number of nitriles is 1. The van der Waals surface area contributed by atoms with Crippen molar-refractivity contribution in [2.45, 2.75) is 17.2 Å². The van der Waals surface area contributed by atoms with Crippen molar-refractivity contribution in [3.05, 3.63) is 91.9 Å². The Balaban J connectivity index is 1.53. The highest BCUT2D eigenvalue weighted by Gasteiger charge is 2.67. The molecule has 2 unspecified atom stereocenters. The van der Waals surface area contributed by atoms with Gasteiger partial charge in [-0.15, -0.1) is 23.2 Å². The molecule has 2 N–H and O–H groups in total. The maximum absolute atomic E-state index is 13.0. The van der Waals surface area contributed by atoms with E-state index in [4.69, 9.17) is 58.0 Å². The van der Waals surface area contributed by atoms with Crippen LogP contribution in [0.2, 0.25) is 15.1 Å². The monoisotopic (exact) mass is 565 g/mol. The lowest BCUT2D eigenvalue weighted by Gasteiger charge is -2.11. The first-order valence-corrected chi connectivity index (χ1v) is 12.2. The molecule has 10 heteroatoms. The van der Waals surface area contributed by atoms with E-state index < -0.39 is 28.0 Å². The molecule has 5 nitrogen and oxygen atoms in total. The molecule has 0 saturated heterocycles. The summed E-state index contributed by atoms with van der Waals surface area (Å²) in [4.78, 5) is 25.9. The molecule has 1 fully saturated rings. The second-order valence-corrected chi connectivity index (χ2v) is 10.9. The van der Waals surface area contributed by atoms with Crippen LogP contribution in [0.4, 0.5) is 11.4 Å². The van der Waals surface area contributed by atoms with Gasteiger partial charge in [0.1, 0.15) is 10.4 Å². The summed E-state index contributed by atoms with van der Waals surface area (Å²) in [5.74, 6) is -2.24. The van der Waals surface area contributed by atoms with Gasteiger partial charge in [-0.05, 0) is 66.6 Å². The van der Waals surface area contributed by atoms with E-state index in [1.54, 1.807) is 42.5 Å². The highest BCUT2D eigenvalue weighted by atomic mass is 35.5. The van der Waals surface area contributed by atoms with E-state index in [0.29, 0.717) is 32.5 Å². The maximum Gasteiger partial charge on any atom is 0.257 e. The van der Waals surface area contributed by atoms with Gasteiger partial charge >= 0.3 is 0 Å². The third-order valence-corrected chi connectivity index (χ3v) is 7.31. The minimum atomic E-state index is -1.34. The smallest absolute Gasteiger partial charge is 0.257 e. The summed E-state index contributed by atoms with van der Waals surface area (Å²) in [6.45, 7) is 1.84. The molecule has 4 rings (SSSR count). The summed E-state index contributed by atoms with van der Waals surface area (Å²) in [5, 5.41) is 15.7. The number of alkyl halides is 2. The van der Waals surface area contributed by atoms with Gasteiger partial charge in [0.05, 0.1) is 27.8 Å². The fraction of sp³-hybridized carbons (Fsp3) is 0.160. The fourth-order valence-electron chi connectivity index (χ4n) is 3.87. The molecule has 3 aromatic carbocycles. The number of hydrogen-bond acceptors (Lipinski definition) is 3. The molecule has 0 aliphatic heterocycles. The Hall–Kier alpha value is -2.46. The first-order valence-electron chi connectivity index (χ1n) is 10.3. The van der Waals surface area contributed by atoms with Crippen LogP contribution in [-0.2, 0) is 4.79 Å². The zero-order valence-electron chi connectivity index (χ0n) is 18.0. The predicted molar refractivity (Wildman–Crippen MR) is 141 cm³/mol. The highest BCUT2D eigenvalue weighted by molar-refractivity contribution is 6.53. The van der Waals surface area contributed by atoms with Crippen molar-refractivity contribution >= 4 is 81.2 Å². The molecule has 0 spiro atoms. The van der Waals surface area contributed by atoms with Gasteiger partial charge in [0.15, 0.2) is 0 Å². The number of carbonyl (C=O) groups excluding carboxylic acids is 2. The van der Waals surface area contributed by atoms with Crippen molar-refractivity contribution in [2.24, 2.45) is 5.92 Å². The van der Waals surface area contributed by atoms with Crippen molar-refractivity contribution in [3.8, 4) is 6.07 Å². The number of nitrogens with zero attached hydrogens (tertiary/aromatic N) is 1. The number of hydrogen-bond donors (Lipinski definition) is 2. The number of rotatable bonds is 5. The molecule has 0 heterocycles. The van der Waals surface area contributed by atoms with Gasteiger partial charge < -0.3 is 10.6 Å². The van der Waals surface area contributed by atoms with Crippen LogP contribution in [0.25, 0.3) is 0 Å². The number of amides is 2. The molecule has 2 atom stereocenters. The highest BCUT2D eigenvalue weighted by Crippen LogP contribution is 2.65. The van der Waals surface area contributed by atoms with Crippen LogP contribution in [0.5, 0.6) is 0 Å². The first kappa shape index (κ1) is 25.6. The van der Waals surface area contributed by atoms with Gasteiger partial charge in [-0.3, -0.25) is 9.59 Å². The molecule has 0 radical (unpaired) electrons. The van der Waals surface area contributed by atoms with Crippen LogP contribution < -0.4 is 10.6 Å². The third kappa shape index (κ3) is 5.38. The van der Waals surface area contributed by atoms with E-state index in [9.17, 15) is 14.9 Å². The topological polar surface area (TPSA) is 82.0 Å². The number of anilines is 2. The number of carbonyl (C=O) groups is 2. The Morgan fingerprint density at radius 1 is 0.943 bits per heavy atom. The zero-order chi connectivity index (χ0) is 25.5. The van der Waals surface area contributed by atoms with Crippen molar-refractivity contribution in [1.82, 2.24) is 0 Å². The number of halogens is 5. The molecular formula is C25H16Cl5N3O2. The lowest BCUT2D eigenvalue weighted by molar-refractivity contribution is -0.117. The van der Waals surface area contributed by atoms with Crippen LogP contribution in [0.1, 0.15) is 33.0 Å². The number of nitrogens with one attached hydrogen (secondary N) is 2. The first-order chi connectivity index (χ1) is 16.5. The third-order valence-electron chi connectivity index (χ3n) is 5.60. The molecule has 0 bridgehead atoms. The second kappa shape index (κ2) is 9.89. The van der Waals surface area contributed by atoms with Gasteiger partial charge in [-0.2, -0.15) is 5.26 Å². The molecule has 178 valence electrons. The summed E-state index contributed by atoms with van der Waals surface area (Å²) in [6.07, 6.45) is 0. The van der Waals surface area contributed by atoms with Gasteiger partial charge in [-0.25, -0.2) is 0 Å². The van der Waals surface area contributed by atoms with Crippen molar-refractivity contribution in [3.63, 3.8) is 0 Å². The molecule has 1 aliphatic carbocycles. The van der Waals surface area contributed by atoms with Crippen LogP contribution in [0.15, 0.2) is 54.6 Å². The molecular weight excluding hydrogens is 552 g/mol. The number of aryl methyl sites for hydroxylation is 1. The normalized spacial score (nSPS) is 17.9. The van der Waals surface area contributed by atoms with Crippen LogP contribution >= 0.6 is 58.0 Å². The lowest BCUT2D eigenvalue weighted by atomic mass is 10.1. The summed E-state index contributed by atoms with van der Waals surface area (Å²) in [6, 6.07) is 16.5. The second-order valence-electron chi connectivity index (χ2n) is 8.13. The average molecular weight is 568 g/mol. The van der Waals surface area contributed by atoms with Crippen molar-refractivity contribution < 1.29 is 9.59 Å². The Bertz CT molecular complexity index is 1380. The minimum absolute atomic E-state index is 0.117. The van der Waals surface area contributed by atoms with E-state index in [-0.39, 0.29) is 10.6 Å². The number of benzene rings is 3. The van der Waals surface area contributed by atoms with Crippen molar-refractivity contribution in [1.29, 1.82) is 5.26 Å². The molecule has 3 aromatic rings. The molecule has 35 heavy (non-hydrogen) atoms. The Kier molecular flexibility index (Phi) is 7.24. The Morgan fingerprint density at radius 3 is 2.29 bits per heavy atom. The van der Waals surface area contributed by atoms with E-state index in [1.165, 1.54) is 12.1 Å². The quantitative estimate of drug-likeness (QED) is 0.312. The SMILES string of the molecule is Cc1ccc(C#N)c(NC(=O)c2cc(NC(=O)C3C(c4cc(Cl)cc(Cl)c4)C3(Cl)Cl)ccc2Cl)c1. The van der Waals surface area contributed by atoms with E-state index in [1.807, 2.05) is 13.0 Å². The van der Waals surface area contributed by atoms with Crippen LogP contribution in [-0.4, -0.2) is 16.1 Å². The Morgan fingerprint density at radius 2 is 1.63 bits per heavy atom. The maximum atomic E-state index is 13.0. The van der Waals surface area contributed by atoms with Gasteiger partial charge in [-0.1, -0.05) is 40.9 Å². The standard InChI is InChI=1S/C25H16Cl5N3O2/c1-12-2-3-13(11-31)20(6-12)33-23(34)18-10-17(4-5-19(18)28)32-24(35)22-21(25(22,29)30)14-7-15(26)9-16(27)8-14/h2-10,21-22H,1H3,(H,32,35)(H,33,34). The summed E-state index contributed by atoms with van der Waals surface area (Å²) in [5.41, 5.74) is 2.64. The van der Waals surface area contributed by atoms with Crippen LogP contribution in [0.3, 0.4) is 0 Å². The zero-order valence-corrected chi connectivity index (χ0v) is 21.8. The molecule has 1 aliphatic rings. The summed E-state index contributed by atoms with van der Waals surface area (Å²) >= 11 is 31.2. The van der Waals surface area contributed by atoms with E-state index >= 15 is 0 Å². The van der Waals surface area contributed by atoms with Gasteiger partial charge in [0.25, 0.3) is 5.91 Å². The minimum Gasteiger partial charge on any atom is -0.326 e. The molecule has 2 amide bonds. The largest absolute Gasteiger partial charge is 0.326 e. The summed E-state index contributed by atoms with van der Waals surface area (Å²) < 4.78 is -1.34. The van der Waals surface area contributed by atoms with E-state index in [2.05, 4.69) is 10.6 Å². The average Bonchev–Trinajstić information content (AvgIpc) is 3.36. The molecule has 0 aromatic heterocycles. The van der Waals surface area contributed by atoms with Crippen molar-refractivity contribution in [2.75, 3.05) is 10.6 Å². The predicted octanol–water partition coefficient (Wildman–Crippen LogP) is 7.61.